The minimum Gasteiger partial charge on any atom is -0.478 e. The number of carboxylic acids is 1. The summed E-state index contributed by atoms with van der Waals surface area (Å²) >= 11 is 0. The van der Waals surface area contributed by atoms with E-state index in [1.54, 1.807) is 35.2 Å². The van der Waals surface area contributed by atoms with E-state index < -0.39 is 17.7 Å². The number of piperazine rings is 1. The number of Topliss-reactive ketones (excluding diaryl/α,β-unsaturated/α-hetero) is 1. The number of fused-ring (bicyclic) bond motifs is 1. The number of benzene rings is 2. The summed E-state index contributed by atoms with van der Waals surface area (Å²) < 4.78 is 0. The summed E-state index contributed by atoms with van der Waals surface area (Å²) in [5, 5.41) is 9.68. The molecule has 0 unspecified atom stereocenters. The molecule has 30 heavy (non-hydrogen) atoms. The van der Waals surface area contributed by atoms with E-state index in [0.717, 1.165) is 0 Å². The number of rotatable bonds is 4. The van der Waals surface area contributed by atoms with E-state index in [1.165, 1.54) is 23.2 Å². The van der Waals surface area contributed by atoms with Crippen molar-refractivity contribution in [3.8, 4) is 0 Å². The highest BCUT2D eigenvalue weighted by atomic mass is 16.4. The number of aromatic amines is 1. The van der Waals surface area contributed by atoms with Crippen LogP contribution in [0.15, 0.2) is 54.7 Å². The molecule has 152 valence electrons. The Labute approximate surface area is 171 Å². The third kappa shape index (κ3) is 3.43. The number of nitrogens with zero attached hydrogens (tertiary/aromatic N) is 2. The van der Waals surface area contributed by atoms with Crippen molar-refractivity contribution < 1.29 is 24.3 Å². The number of H-pyrrole nitrogens is 1. The molecule has 0 radical (unpaired) electrons. The Kier molecular flexibility index (Phi) is 5.05. The Balaban J connectivity index is 1.47. The van der Waals surface area contributed by atoms with Crippen LogP contribution in [0.3, 0.4) is 0 Å². The molecule has 1 aliphatic rings. The minimum atomic E-state index is -1.12. The number of carbonyl (C=O) groups excluding carboxylic acids is 3. The zero-order chi connectivity index (χ0) is 21.3. The quantitative estimate of drug-likeness (QED) is 0.510. The zero-order valence-corrected chi connectivity index (χ0v) is 16.0. The molecule has 1 aliphatic heterocycles. The molecule has 2 N–H and O–H groups in total. The van der Waals surface area contributed by atoms with Crippen LogP contribution in [0, 0.1) is 0 Å². The lowest BCUT2D eigenvalue weighted by atomic mass is 10.1. The van der Waals surface area contributed by atoms with Crippen molar-refractivity contribution >= 4 is 34.5 Å². The van der Waals surface area contributed by atoms with Gasteiger partial charge in [0.2, 0.25) is 0 Å². The lowest BCUT2D eigenvalue weighted by Gasteiger charge is -2.34. The number of hydrogen-bond acceptors (Lipinski definition) is 4. The monoisotopic (exact) mass is 405 g/mol. The van der Waals surface area contributed by atoms with Gasteiger partial charge in [-0.15, -0.1) is 0 Å². The maximum atomic E-state index is 12.8. The molecule has 2 aromatic carbocycles. The lowest BCUT2D eigenvalue weighted by Crippen LogP contribution is -2.52. The molecule has 8 heteroatoms. The molecule has 0 saturated carbocycles. The molecular formula is C22H19N3O5. The fourth-order valence-corrected chi connectivity index (χ4v) is 3.66. The number of nitrogens with one attached hydrogen (secondary N) is 1. The first-order chi connectivity index (χ1) is 14.5. The molecule has 1 saturated heterocycles. The average Bonchev–Trinajstić information content (AvgIpc) is 3.22. The molecule has 3 aromatic rings. The average molecular weight is 405 g/mol. The van der Waals surface area contributed by atoms with Crippen LogP contribution in [-0.4, -0.2) is 69.6 Å². The van der Waals surface area contributed by atoms with Crippen LogP contribution in [0.25, 0.3) is 10.9 Å². The van der Waals surface area contributed by atoms with Crippen molar-refractivity contribution in [3.05, 3.63) is 71.4 Å². The fourth-order valence-electron chi connectivity index (χ4n) is 3.66. The maximum Gasteiger partial charge on any atom is 0.337 e. The molecule has 8 nitrogen and oxygen atoms in total. The standard InChI is InChI=1S/C22H19N3O5/c26-19(17-13-23-18-15(17)7-4-8-16(18)22(29)30)21(28)25-11-9-24(10-12-25)20(27)14-5-2-1-3-6-14/h1-8,13,23H,9-12H2,(H,29,30). The number of ketones is 1. The highest BCUT2D eigenvalue weighted by Crippen LogP contribution is 2.23. The first-order valence-electron chi connectivity index (χ1n) is 9.48. The second kappa shape index (κ2) is 7.82. The van der Waals surface area contributed by atoms with Crippen LogP contribution >= 0.6 is 0 Å². The Bertz CT molecular complexity index is 1140. The van der Waals surface area contributed by atoms with Crippen LogP contribution in [-0.2, 0) is 4.79 Å². The molecule has 1 fully saturated rings. The van der Waals surface area contributed by atoms with Gasteiger partial charge in [0, 0.05) is 43.3 Å². The highest BCUT2D eigenvalue weighted by molar-refractivity contribution is 6.45. The van der Waals surface area contributed by atoms with Crippen molar-refractivity contribution in [1.82, 2.24) is 14.8 Å². The molecule has 0 aliphatic carbocycles. The number of carbonyl (C=O) groups is 4. The highest BCUT2D eigenvalue weighted by Gasteiger charge is 2.30. The zero-order valence-electron chi connectivity index (χ0n) is 16.0. The van der Waals surface area contributed by atoms with Gasteiger partial charge in [0.05, 0.1) is 16.6 Å². The molecule has 0 atom stereocenters. The van der Waals surface area contributed by atoms with Gasteiger partial charge in [-0.3, -0.25) is 14.4 Å². The smallest absolute Gasteiger partial charge is 0.337 e. The van der Waals surface area contributed by atoms with Crippen molar-refractivity contribution in [2.45, 2.75) is 0 Å². The van der Waals surface area contributed by atoms with E-state index in [-0.39, 0.29) is 30.1 Å². The van der Waals surface area contributed by atoms with E-state index in [2.05, 4.69) is 4.98 Å². The van der Waals surface area contributed by atoms with Crippen LogP contribution < -0.4 is 0 Å². The van der Waals surface area contributed by atoms with Crippen molar-refractivity contribution in [2.24, 2.45) is 0 Å². The maximum absolute atomic E-state index is 12.8. The van der Waals surface area contributed by atoms with E-state index in [4.69, 9.17) is 0 Å². The summed E-state index contributed by atoms with van der Waals surface area (Å²) in [5.74, 6) is -2.59. The topological polar surface area (TPSA) is 111 Å². The van der Waals surface area contributed by atoms with E-state index >= 15 is 0 Å². The Hall–Kier alpha value is -3.94. The van der Waals surface area contributed by atoms with Gasteiger partial charge in [0.1, 0.15) is 0 Å². The summed E-state index contributed by atoms with van der Waals surface area (Å²) in [6.07, 6.45) is 1.37. The Morgan fingerprint density at radius 3 is 2.13 bits per heavy atom. The fraction of sp³-hybridized carbons (Fsp3) is 0.182. The van der Waals surface area contributed by atoms with Crippen LogP contribution in [0.4, 0.5) is 0 Å². The van der Waals surface area contributed by atoms with Gasteiger partial charge in [-0.2, -0.15) is 0 Å². The Morgan fingerprint density at radius 2 is 1.47 bits per heavy atom. The Morgan fingerprint density at radius 1 is 0.800 bits per heavy atom. The number of aromatic nitrogens is 1. The number of aromatic carboxylic acids is 1. The molecule has 0 bridgehead atoms. The predicted molar refractivity (Wildman–Crippen MR) is 109 cm³/mol. The van der Waals surface area contributed by atoms with Crippen molar-refractivity contribution in [2.75, 3.05) is 26.2 Å². The largest absolute Gasteiger partial charge is 0.478 e. The minimum absolute atomic E-state index is 0.0343. The van der Waals surface area contributed by atoms with Crippen LogP contribution in [0.2, 0.25) is 0 Å². The van der Waals surface area contributed by atoms with Gasteiger partial charge in [0.25, 0.3) is 17.6 Å². The third-order valence-electron chi connectivity index (χ3n) is 5.26. The number of para-hydroxylation sites is 1. The van der Waals surface area contributed by atoms with Crippen molar-refractivity contribution in [3.63, 3.8) is 0 Å². The van der Waals surface area contributed by atoms with Gasteiger partial charge < -0.3 is 19.9 Å². The number of amides is 2. The summed E-state index contributed by atoms with van der Waals surface area (Å²) in [7, 11) is 0. The summed E-state index contributed by atoms with van der Waals surface area (Å²) in [6, 6.07) is 13.5. The summed E-state index contributed by atoms with van der Waals surface area (Å²) in [5.41, 5.74) is 1.06. The normalized spacial score (nSPS) is 14.0. The molecule has 2 heterocycles. The second-order valence-corrected chi connectivity index (χ2v) is 7.02. The van der Waals surface area contributed by atoms with E-state index in [1.807, 2.05) is 6.07 Å². The van der Waals surface area contributed by atoms with Gasteiger partial charge in [0.15, 0.2) is 0 Å². The molecule has 4 rings (SSSR count). The second-order valence-electron chi connectivity index (χ2n) is 7.02. The number of carboxylic acid groups (broad SMARTS) is 1. The van der Waals surface area contributed by atoms with E-state index in [0.29, 0.717) is 29.6 Å². The van der Waals surface area contributed by atoms with Crippen molar-refractivity contribution in [1.29, 1.82) is 0 Å². The van der Waals surface area contributed by atoms with Gasteiger partial charge in [-0.1, -0.05) is 30.3 Å². The first kappa shape index (κ1) is 19.4. The van der Waals surface area contributed by atoms with Crippen LogP contribution in [0.1, 0.15) is 31.1 Å². The first-order valence-corrected chi connectivity index (χ1v) is 9.48. The van der Waals surface area contributed by atoms with E-state index in [9.17, 15) is 24.3 Å². The van der Waals surface area contributed by atoms with Gasteiger partial charge >= 0.3 is 5.97 Å². The SMILES string of the molecule is O=C(C(=O)N1CCN(C(=O)c2ccccc2)CC1)c1c[nH]c2c(C(=O)O)cccc12. The summed E-state index contributed by atoms with van der Waals surface area (Å²) in [4.78, 5) is 55.3. The molecule has 0 spiro atoms. The molecule has 1 aromatic heterocycles. The van der Waals surface area contributed by atoms with Gasteiger partial charge in [-0.25, -0.2) is 4.79 Å². The van der Waals surface area contributed by atoms with Crippen LogP contribution in [0.5, 0.6) is 0 Å². The lowest BCUT2D eigenvalue weighted by molar-refractivity contribution is -0.127. The van der Waals surface area contributed by atoms with Gasteiger partial charge in [-0.05, 0) is 18.2 Å². The summed E-state index contributed by atoms with van der Waals surface area (Å²) in [6.45, 7) is 1.19. The third-order valence-corrected chi connectivity index (χ3v) is 5.26. The predicted octanol–water partition coefficient (Wildman–Crippen LogP) is 2.03. The number of hydrogen-bond donors (Lipinski definition) is 2. The molecular weight excluding hydrogens is 386 g/mol. The molecule has 2 amide bonds.